The van der Waals surface area contributed by atoms with Gasteiger partial charge < -0.3 is 14.2 Å². The molecule has 0 spiro atoms. The first-order valence-electron chi connectivity index (χ1n) is 30.5. The summed E-state index contributed by atoms with van der Waals surface area (Å²) in [5.41, 5.74) is 0. The molecule has 0 saturated carbocycles. The highest BCUT2D eigenvalue weighted by Gasteiger charge is 2.19. The first-order chi connectivity index (χ1) is 34.0. The van der Waals surface area contributed by atoms with Gasteiger partial charge in [0.1, 0.15) is 13.2 Å². The molecule has 0 amide bonds. The second-order valence-electron chi connectivity index (χ2n) is 20.6. The van der Waals surface area contributed by atoms with Crippen LogP contribution in [0.25, 0.3) is 0 Å². The van der Waals surface area contributed by atoms with Crippen molar-refractivity contribution in [3.05, 3.63) is 36.5 Å². The van der Waals surface area contributed by atoms with Crippen LogP contribution in [0.2, 0.25) is 0 Å². The van der Waals surface area contributed by atoms with E-state index in [1.807, 2.05) is 0 Å². The van der Waals surface area contributed by atoms with Gasteiger partial charge in [-0.1, -0.05) is 269 Å². The molecule has 0 aliphatic rings. The molecule has 0 aliphatic carbocycles. The third-order valence-electron chi connectivity index (χ3n) is 13.6. The maximum Gasteiger partial charge on any atom is 0.306 e. The minimum Gasteiger partial charge on any atom is -0.462 e. The molecule has 404 valence electrons. The maximum absolute atomic E-state index is 12.9. The molecule has 0 bridgehead atoms. The zero-order valence-electron chi connectivity index (χ0n) is 46.3. The van der Waals surface area contributed by atoms with Gasteiger partial charge in [0.25, 0.3) is 0 Å². The van der Waals surface area contributed by atoms with Crippen molar-refractivity contribution in [2.75, 3.05) is 13.2 Å². The van der Waals surface area contributed by atoms with E-state index in [4.69, 9.17) is 14.2 Å². The highest BCUT2D eigenvalue weighted by Crippen LogP contribution is 2.16. The Balaban J connectivity index is 4.23. The highest BCUT2D eigenvalue weighted by molar-refractivity contribution is 5.71. The highest BCUT2D eigenvalue weighted by atomic mass is 16.6. The minimum atomic E-state index is -0.771. The van der Waals surface area contributed by atoms with Crippen LogP contribution in [0.3, 0.4) is 0 Å². The molecule has 0 radical (unpaired) electrons. The number of hydrogen-bond donors (Lipinski definition) is 0. The topological polar surface area (TPSA) is 78.9 Å². The predicted molar refractivity (Wildman–Crippen MR) is 298 cm³/mol. The van der Waals surface area contributed by atoms with Crippen LogP contribution < -0.4 is 0 Å². The van der Waals surface area contributed by atoms with Gasteiger partial charge in [-0.2, -0.15) is 0 Å². The van der Waals surface area contributed by atoms with Crippen molar-refractivity contribution < 1.29 is 28.6 Å². The Morgan fingerprint density at radius 1 is 0.290 bits per heavy atom. The van der Waals surface area contributed by atoms with Crippen LogP contribution in [0.1, 0.15) is 329 Å². The summed E-state index contributed by atoms with van der Waals surface area (Å²) in [6, 6.07) is 0. The maximum atomic E-state index is 12.9. The van der Waals surface area contributed by atoms with Crippen LogP contribution in [0.15, 0.2) is 36.5 Å². The van der Waals surface area contributed by atoms with Gasteiger partial charge in [0.05, 0.1) is 0 Å². The fraction of sp³-hybridized carbons (Fsp3) is 0.857. The molecule has 0 aromatic carbocycles. The third-order valence-corrected chi connectivity index (χ3v) is 13.6. The Morgan fingerprint density at radius 3 is 0.812 bits per heavy atom. The molecule has 0 rings (SSSR count). The summed E-state index contributed by atoms with van der Waals surface area (Å²) in [5, 5.41) is 0. The van der Waals surface area contributed by atoms with Gasteiger partial charge in [-0.25, -0.2) is 0 Å². The van der Waals surface area contributed by atoms with E-state index in [0.717, 1.165) is 64.2 Å². The summed E-state index contributed by atoms with van der Waals surface area (Å²) in [7, 11) is 0. The number of ether oxygens (including phenoxy) is 3. The summed E-state index contributed by atoms with van der Waals surface area (Å²) in [4.78, 5) is 38.1. The lowest BCUT2D eigenvalue weighted by Crippen LogP contribution is -2.30. The summed E-state index contributed by atoms with van der Waals surface area (Å²) in [6.45, 7) is 6.65. The monoisotopic (exact) mass is 969 g/mol. The van der Waals surface area contributed by atoms with Crippen LogP contribution in [-0.4, -0.2) is 37.2 Å². The number of allylic oxidation sites excluding steroid dienone is 6. The fourth-order valence-corrected chi connectivity index (χ4v) is 9.00. The van der Waals surface area contributed by atoms with Crippen molar-refractivity contribution in [1.82, 2.24) is 0 Å². The molecule has 0 saturated heterocycles. The van der Waals surface area contributed by atoms with E-state index in [1.54, 1.807) is 0 Å². The lowest BCUT2D eigenvalue weighted by Gasteiger charge is -2.18. The molecule has 6 heteroatoms. The largest absolute Gasteiger partial charge is 0.462 e. The second-order valence-corrected chi connectivity index (χ2v) is 20.6. The summed E-state index contributed by atoms with van der Waals surface area (Å²) in [5.74, 6) is -0.862. The van der Waals surface area contributed by atoms with E-state index in [2.05, 4.69) is 57.2 Å². The van der Waals surface area contributed by atoms with Crippen molar-refractivity contribution in [2.45, 2.75) is 335 Å². The fourth-order valence-electron chi connectivity index (χ4n) is 9.00. The van der Waals surface area contributed by atoms with E-state index < -0.39 is 6.10 Å². The van der Waals surface area contributed by atoms with Crippen molar-refractivity contribution in [1.29, 1.82) is 0 Å². The number of carbonyl (C=O) groups excluding carboxylic acids is 3. The first-order valence-corrected chi connectivity index (χ1v) is 30.5. The normalized spacial score (nSPS) is 12.2. The Labute approximate surface area is 429 Å². The van der Waals surface area contributed by atoms with E-state index in [1.165, 1.54) is 225 Å². The molecule has 0 aromatic rings. The van der Waals surface area contributed by atoms with E-state index in [0.29, 0.717) is 19.3 Å². The number of unbranched alkanes of at least 4 members (excludes halogenated alkanes) is 39. The third kappa shape index (κ3) is 56.4. The standard InChI is InChI=1S/C63H116O6/c1-4-7-10-13-16-19-21-23-25-27-29-31-33-35-37-39-41-44-47-50-53-56-62(65)68-59-60(58-67-61(64)55-52-49-46-43-18-15-12-9-6-3)69-63(66)57-54-51-48-45-42-40-38-36-34-32-30-28-26-24-22-20-17-14-11-8-5-2/h21,23,27-30,60H,4-20,22,24-26,31-59H2,1-3H3/b23-21-,29-27-,30-28-. The summed E-state index contributed by atoms with van der Waals surface area (Å²) < 4.78 is 16.9. The molecule has 0 aromatic heterocycles. The van der Waals surface area contributed by atoms with Gasteiger partial charge >= 0.3 is 17.9 Å². The van der Waals surface area contributed by atoms with Crippen LogP contribution in [0, 0.1) is 0 Å². The van der Waals surface area contributed by atoms with Crippen LogP contribution in [0.4, 0.5) is 0 Å². The zero-order chi connectivity index (χ0) is 50.0. The van der Waals surface area contributed by atoms with Crippen LogP contribution in [0.5, 0.6) is 0 Å². The number of carbonyl (C=O) groups is 3. The smallest absolute Gasteiger partial charge is 0.306 e. The molecule has 1 atom stereocenters. The van der Waals surface area contributed by atoms with Gasteiger partial charge in [0.2, 0.25) is 0 Å². The van der Waals surface area contributed by atoms with Crippen molar-refractivity contribution in [3.8, 4) is 0 Å². The van der Waals surface area contributed by atoms with Crippen molar-refractivity contribution >= 4 is 17.9 Å². The lowest BCUT2D eigenvalue weighted by atomic mass is 10.1. The van der Waals surface area contributed by atoms with E-state index in [-0.39, 0.29) is 31.1 Å². The quantitative estimate of drug-likeness (QED) is 0.0261. The zero-order valence-corrected chi connectivity index (χ0v) is 46.3. The van der Waals surface area contributed by atoms with Crippen LogP contribution >= 0.6 is 0 Å². The first kappa shape index (κ1) is 66.6. The molecule has 0 aliphatic heterocycles. The number of rotatable bonds is 56. The molecular formula is C63H116O6. The van der Waals surface area contributed by atoms with Crippen LogP contribution in [-0.2, 0) is 28.6 Å². The van der Waals surface area contributed by atoms with E-state index in [9.17, 15) is 14.4 Å². The van der Waals surface area contributed by atoms with Gasteiger partial charge in [-0.3, -0.25) is 14.4 Å². The summed E-state index contributed by atoms with van der Waals surface area (Å²) >= 11 is 0. The molecule has 0 fully saturated rings. The Morgan fingerprint density at radius 2 is 0.522 bits per heavy atom. The minimum absolute atomic E-state index is 0.0709. The lowest BCUT2D eigenvalue weighted by molar-refractivity contribution is -0.167. The Kier molecular flexibility index (Phi) is 56.2. The molecule has 69 heavy (non-hydrogen) atoms. The van der Waals surface area contributed by atoms with Crippen molar-refractivity contribution in [2.24, 2.45) is 0 Å². The Bertz CT molecular complexity index is 1160. The SMILES string of the molecule is CCCCCCC/C=C\C/C=C\CCCCCCCCCCCC(=O)OCC(COC(=O)CCCCCCCCCCC)OC(=O)CCCCCCCCCCC/C=C\CCCCCCCCCC. The molecule has 0 heterocycles. The molecule has 1 unspecified atom stereocenters. The predicted octanol–water partition coefficient (Wildman–Crippen LogP) is 20.4. The van der Waals surface area contributed by atoms with Gasteiger partial charge in [-0.15, -0.1) is 0 Å². The average molecular weight is 970 g/mol. The second kappa shape index (κ2) is 58.2. The van der Waals surface area contributed by atoms with E-state index >= 15 is 0 Å². The van der Waals surface area contributed by atoms with Crippen molar-refractivity contribution in [3.63, 3.8) is 0 Å². The number of hydrogen-bond acceptors (Lipinski definition) is 6. The van der Waals surface area contributed by atoms with Gasteiger partial charge in [0.15, 0.2) is 6.10 Å². The van der Waals surface area contributed by atoms with Gasteiger partial charge in [-0.05, 0) is 77.0 Å². The summed E-state index contributed by atoms with van der Waals surface area (Å²) in [6.07, 6.45) is 70.1. The molecule has 6 nitrogen and oxygen atoms in total. The van der Waals surface area contributed by atoms with Gasteiger partial charge in [0, 0.05) is 19.3 Å². The number of esters is 3. The average Bonchev–Trinajstić information content (AvgIpc) is 3.35. The Hall–Kier alpha value is -2.37. The molecular weight excluding hydrogens is 853 g/mol. The molecule has 0 N–H and O–H groups in total.